The third-order valence-corrected chi connectivity index (χ3v) is 2.78. The number of aldehydes is 1. The molecule has 70 valence electrons. The molecular weight excluding hydrogens is 194 g/mol. The van der Waals surface area contributed by atoms with Gasteiger partial charge >= 0.3 is 0 Å². The van der Waals surface area contributed by atoms with Gasteiger partial charge in [-0.05, 0) is 25.1 Å². The minimum atomic E-state index is 0.739. The Labute approximate surface area is 86.2 Å². The molecule has 2 nitrogen and oxygen atoms in total. The molecular formula is C11H9NOS. The lowest BCUT2D eigenvalue weighted by atomic mass is 10.2. The molecule has 0 amide bonds. The summed E-state index contributed by atoms with van der Waals surface area (Å²) in [4.78, 5) is 15.6. The summed E-state index contributed by atoms with van der Waals surface area (Å²) in [6.45, 7) is 1.95. The van der Waals surface area contributed by atoms with Gasteiger partial charge in [-0.1, -0.05) is 6.07 Å². The average Bonchev–Trinajstić information content (AvgIpc) is 2.66. The fourth-order valence-electron chi connectivity index (χ4n) is 1.25. The summed E-state index contributed by atoms with van der Waals surface area (Å²) in [6, 6.07) is 7.73. The van der Waals surface area contributed by atoms with Crippen LogP contribution in [0, 0.1) is 6.92 Å². The minimum Gasteiger partial charge on any atom is -0.297 e. The Balaban J connectivity index is 2.43. The second-order valence-corrected chi connectivity index (χ2v) is 3.96. The van der Waals surface area contributed by atoms with Crippen molar-refractivity contribution in [3.8, 4) is 11.3 Å². The van der Waals surface area contributed by atoms with Crippen LogP contribution in [0.25, 0.3) is 11.3 Å². The van der Waals surface area contributed by atoms with Crippen molar-refractivity contribution in [2.45, 2.75) is 6.92 Å². The van der Waals surface area contributed by atoms with Crippen molar-refractivity contribution in [1.29, 1.82) is 0 Å². The molecule has 0 aromatic carbocycles. The number of hydrogen-bond acceptors (Lipinski definition) is 3. The van der Waals surface area contributed by atoms with E-state index in [1.807, 2.05) is 36.6 Å². The lowest BCUT2D eigenvalue weighted by molar-refractivity contribution is 0.112. The lowest BCUT2D eigenvalue weighted by Gasteiger charge is -1.97. The predicted octanol–water partition coefficient (Wildman–Crippen LogP) is 2.93. The van der Waals surface area contributed by atoms with Crippen LogP contribution in [0.5, 0.6) is 0 Å². The first-order valence-electron chi connectivity index (χ1n) is 4.27. The Morgan fingerprint density at radius 3 is 2.93 bits per heavy atom. The lowest BCUT2D eigenvalue weighted by Crippen LogP contribution is -1.83. The van der Waals surface area contributed by atoms with Crippen molar-refractivity contribution >= 4 is 17.6 Å². The molecule has 0 aliphatic heterocycles. The van der Waals surface area contributed by atoms with Gasteiger partial charge in [-0.3, -0.25) is 9.78 Å². The number of carbonyl (C=O) groups is 1. The average molecular weight is 203 g/mol. The number of thiophene rings is 1. The van der Waals surface area contributed by atoms with Crippen molar-refractivity contribution in [3.63, 3.8) is 0 Å². The number of carbonyl (C=O) groups excluding carboxylic acids is 1. The Morgan fingerprint density at radius 2 is 2.29 bits per heavy atom. The van der Waals surface area contributed by atoms with Gasteiger partial charge in [0.2, 0.25) is 0 Å². The van der Waals surface area contributed by atoms with Crippen LogP contribution in [-0.2, 0) is 0 Å². The molecule has 2 rings (SSSR count). The van der Waals surface area contributed by atoms with Gasteiger partial charge in [0.15, 0.2) is 6.29 Å². The molecule has 0 aliphatic rings. The number of rotatable bonds is 2. The van der Waals surface area contributed by atoms with E-state index < -0.39 is 0 Å². The van der Waals surface area contributed by atoms with Crippen LogP contribution in [0.2, 0.25) is 0 Å². The second kappa shape index (κ2) is 3.72. The first-order chi connectivity index (χ1) is 6.79. The maximum Gasteiger partial charge on any atom is 0.160 e. The van der Waals surface area contributed by atoms with Gasteiger partial charge in [0.25, 0.3) is 0 Å². The molecule has 0 saturated carbocycles. The Bertz CT molecular complexity index is 462. The molecule has 0 unspecified atom stereocenters. The highest BCUT2D eigenvalue weighted by atomic mass is 32.1. The van der Waals surface area contributed by atoms with Crippen molar-refractivity contribution in [1.82, 2.24) is 4.98 Å². The van der Waals surface area contributed by atoms with Crippen LogP contribution in [0.4, 0.5) is 0 Å². The summed E-state index contributed by atoms with van der Waals surface area (Å²) < 4.78 is 0. The van der Waals surface area contributed by atoms with Crippen molar-refractivity contribution in [2.24, 2.45) is 0 Å². The van der Waals surface area contributed by atoms with Crippen LogP contribution in [-0.4, -0.2) is 11.3 Å². The highest BCUT2D eigenvalue weighted by Gasteiger charge is 2.02. The third-order valence-electron chi connectivity index (χ3n) is 1.92. The van der Waals surface area contributed by atoms with E-state index in [4.69, 9.17) is 0 Å². The Hall–Kier alpha value is -1.48. The summed E-state index contributed by atoms with van der Waals surface area (Å²) >= 11 is 1.44. The fraction of sp³-hybridized carbons (Fsp3) is 0.0909. The van der Waals surface area contributed by atoms with Gasteiger partial charge in [-0.15, -0.1) is 11.3 Å². The van der Waals surface area contributed by atoms with Crippen LogP contribution in [0.3, 0.4) is 0 Å². The molecule has 14 heavy (non-hydrogen) atoms. The van der Waals surface area contributed by atoms with E-state index in [0.717, 1.165) is 28.1 Å². The van der Waals surface area contributed by atoms with Crippen LogP contribution in [0.1, 0.15) is 15.4 Å². The predicted molar refractivity (Wildman–Crippen MR) is 57.7 cm³/mol. The van der Waals surface area contributed by atoms with Gasteiger partial charge < -0.3 is 0 Å². The first kappa shape index (κ1) is 9.09. The summed E-state index contributed by atoms with van der Waals surface area (Å²) in [5, 5.41) is 1.95. The van der Waals surface area contributed by atoms with Crippen LogP contribution in [0.15, 0.2) is 29.6 Å². The summed E-state index contributed by atoms with van der Waals surface area (Å²) in [5.74, 6) is 0. The highest BCUT2D eigenvalue weighted by molar-refractivity contribution is 7.12. The van der Waals surface area contributed by atoms with E-state index in [-0.39, 0.29) is 0 Å². The topological polar surface area (TPSA) is 30.0 Å². The summed E-state index contributed by atoms with van der Waals surface area (Å²) in [7, 11) is 0. The zero-order valence-electron chi connectivity index (χ0n) is 7.73. The molecule has 0 fully saturated rings. The molecule has 0 saturated heterocycles. The van der Waals surface area contributed by atoms with E-state index in [9.17, 15) is 4.79 Å². The van der Waals surface area contributed by atoms with Crippen LogP contribution < -0.4 is 0 Å². The number of pyridine rings is 1. The molecule has 3 heteroatoms. The quantitative estimate of drug-likeness (QED) is 0.702. The normalized spacial score (nSPS) is 10.1. The fourth-order valence-corrected chi connectivity index (χ4v) is 1.96. The van der Waals surface area contributed by atoms with Crippen molar-refractivity contribution in [3.05, 3.63) is 40.2 Å². The minimum absolute atomic E-state index is 0.739. The van der Waals surface area contributed by atoms with Crippen LogP contribution >= 0.6 is 11.3 Å². The molecule has 0 aliphatic carbocycles. The largest absolute Gasteiger partial charge is 0.297 e. The smallest absolute Gasteiger partial charge is 0.160 e. The number of hydrogen-bond donors (Lipinski definition) is 0. The second-order valence-electron chi connectivity index (χ2n) is 3.02. The Morgan fingerprint density at radius 1 is 1.43 bits per heavy atom. The zero-order chi connectivity index (χ0) is 9.97. The molecule has 0 radical (unpaired) electrons. The van der Waals surface area contributed by atoms with Gasteiger partial charge in [0.05, 0.1) is 10.6 Å². The van der Waals surface area contributed by atoms with Gasteiger partial charge in [-0.25, -0.2) is 0 Å². The Kier molecular flexibility index (Phi) is 2.41. The van der Waals surface area contributed by atoms with Gasteiger partial charge in [-0.2, -0.15) is 0 Å². The molecule has 2 aromatic rings. The zero-order valence-corrected chi connectivity index (χ0v) is 8.54. The van der Waals surface area contributed by atoms with E-state index in [0.29, 0.717) is 0 Å². The third kappa shape index (κ3) is 1.72. The van der Waals surface area contributed by atoms with Gasteiger partial charge in [0.1, 0.15) is 0 Å². The highest BCUT2D eigenvalue weighted by Crippen LogP contribution is 2.22. The molecule has 0 N–H and O–H groups in total. The molecule has 0 bridgehead atoms. The number of aromatic nitrogens is 1. The van der Waals surface area contributed by atoms with E-state index in [2.05, 4.69) is 4.98 Å². The molecule has 0 spiro atoms. The maximum atomic E-state index is 10.5. The standard InChI is InChI=1S/C11H9NOS/c1-8-3-2-4-11(12-8)9-5-10(6-13)14-7-9/h2-7H,1H3. The molecule has 2 heterocycles. The summed E-state index contributed by atoms with van der Waals surface area (Å²) in [6.07, 6.45) is 0.865. The number of aryl methyl sites for hydroxylation is 1. The number of nitrogens with zero attached hydrogens (tertiary/aromatic N) is 1. The molecule has 0 atom stereocenters. The van der Waals surface area contributed by atoms with E-state index >= 15 is 0 Å². The van der Waals surface area contributed by atoms with Gasteiger partial charge in [0, 0.05) is 16.6 Å². The van der Waals surface area contributed by atoms with E-state index in [1.54, 1.807) is 0 Å². The molecule has 2 aromatic heterocycles. The monoisotopic (exact) mass is 203 g/mol. The van der Waals surface area contributed by atoms with Crippen molar-refractivity contribution in [2.75, 3.05) is 0 Å². The maximum absolute atomic E-state index is 10.5. The summed E-state index contributed by atoms with van der Waals surface area (Å²) in [5.41, 5.74) is 2.93. The van der Waals surface area contributed by atoms with E-state index in [1.165, 1.54) is 11.3 Å². The SMILES string of the molecule is Cc1cccc(-c2csc(C=O)c2)n1. The van der Waals surface area contributed by atoms with Crippen molar-refractivity contribution < 1.29 is 4.79 Å². The first-order valence-corrected chi connectivity index (χ1v) is 5.15.